The Kier molecular flexibility index (Phi) is 4.30. The van der Waals surface area contributed by atoms with E-state index in [-0.39, 0.29) is 12.7 Å². The topological polar surface area (TPSA) is 76.3 Å². The fourth-order valence-corrected chi connectivity index (χ4v) is 3.78. The standard InChI is InChI=1S/C17H23N5O2/c1-12-19-7-13(8-20-12)17-18-3-4-22(17)14-6-15-11-24-16(2-5-23)10-21(15)9-14/h3-4,7-8,14-16,23H,2,5-6,9-11H2,1H3/t14-,15-,16-/m0/s1. The summed E-state index contributed by atoms with van der Waals surface area (Å²) in [5, 5.41) is 9.12. The van der Waals surface area contributed by atoms with Gasteiger partial charge in [0.15, 0.2) is 0 Å². The van der Waals surface area contributed by atoms with Crippen LogP contribution in [0.4, 0.5) is 0 Å². The lowest BCUT2D eigenvalue weighted by Gasteiger charge is -2.34. The predicted molar refractivity (Wildman–Crippen MR) is 88.4 cm³/mol. The van der Waals surface area contributed by atoms with E-state index in [0.717, 1.165) is 43.3 Å². The number of morpholine rings is 1. The van der Waals surface area contributed by atoms with Gasteiger partial charge in [0.05, 0.1) is 18.3 Å². The Hall–Kier alpha value is -1.83. The van der Waals surface area contributed by atoms with Gasteiger partial charge in [-0.1, -0.05) is 0 Å². The third-order valence-electron chi connectivity index (χ3n) is 5.02. The lowest BCUT2D eigenvalue weighted by molar-refractivity contribution is -0.0567. The Morgan fingerprint density at radius 3 is 2.83 bits per heavy atom. The van der Waals surface area contributed by atoms with Gasteiger partial charge in [-0.15, -0.1) is 0 Å². The highest BCUT2D eigenvalue weighted by molar-refractivity contribution is 5.52. The van der Waals surface area contributed by atoms with Crippen LogP contribution in [0, 0.1) is 6.92 Å². The van der Waals surface area contributed by atoms with Crippen molar-refractivity contribution in [3.8, 4) is 11.4 Å². The molecule has 2 fully saturated rings. The molecule has 1 N–H and O–H groups in total. The van der Waals surface area contributed by atoms with E-state index in [1.54, 1.807) is 0 Å². The Bertz CT molecular complexity index is 687. The molecule has 0 saturated carbocycles. The molecule has 2 aliphatic heterocycles. The number of aliphatic hydroxyl groups excluding tert-OH is 1. The van der Waals surface area contributed by atoms with Crippen molar-refractivity contribution in [3.05, 3.63) is 30.6 Å². The monoisotopic (exact) mass is 329 g/mol. The fraction of sp³-hybridized carbons (Fsp3) is 0.588. The third-order valence-corrected chi connectivity index (χ3v) is 5.02. The van der Waals surface area contributed by atoms with Gasteiger partial charge in [0.2, 0.25) is 0 Å². The normalized spacial score (nSPS) is 27.3. The molecule has 4 rings (SSSR count). The molecule has 0 aliphatic carbocycles. The number of aromatic nitrogens is 4. The molecule has 3 atom stereocenters. The number of aliphatic hydroxyl groups is 1. The Morgan fingerprint density at radius 2 is 2.04 bits per heavy atom. The van der Waals surface area contributed by atoms with Crippen molar-refractivity contribution in [1.29, 1.82) is 0 Å². The first-order valence-corrected chi connectivity index (χ1v) is 8.53. The van der Waals surface area contributed by atoms with Crippen molar-refractivity contribution in [2.45, 2.75) is 38.0 Å². The van der Waals surface area contributed by atoms with E-state index in [4.69, 9.17) is 9.84 Å². The van der Waals surface area contributed by atoms with E-state index in [1.807, 2.05) is 31.7 Å². The number of imidazole rings is 1. The lowest BCUT2D eigenvalue weighted by Crippen LogP contribution is -2.46. The van der Waals surface area contributed by atoms with E-state index in [1.165, 1.54) is 0 Å². The van der Waals surface area contributed by atoms with Gasteiger partial charge in [-0.05, 0) is 19.8 Å². The van der Waals surface area contributed by atoms with Crippen LogP contribution in [0.25, 0.3) is 11.4 Å². The van der Waals surface area contributed by atoms with E-state index in [0.29, 0.717) is 18.5 Å². The highest BCUT2D eigenvalue weighted by atomic mass is 16.5. The van der Waals surface area contributed by atoms with E-state index >= 15 is 0 Å². The summed E-state index contributed by atoms with van der Waals surface area (Å²) in [5.74, 6) is 1.69. The highest BCUT2D eigenvalue weighted by Gasteiger charge is 2.38. The van der Waals surface area contributed by atoms with Gasteiger partial charge in [-0.3, -0.25) is 4.90 Å². The van der Waals surface area contributed by atoms with Crippen LogP contribution in [0.5, 0.6) is 0 Å². The van der Waals surface area contributed by atoms with Gasteiger partial charge in [0.1, 0.15) is 11.6 Å². The molecule has 0 spiro atoms. The van der Waals surface area contributed by atoms with Crippen LogP contribution < -0.4 is 0 Å². The summed E-state index contributed by atoms with van der Waals surface area (Å²) < 4.78 is 8.12. The van der Waals surface area contributed by atoms with E-state index in [9.17, 15) is 0 Å². The second-order valence-corrected chi connectivity index (χ2v) is 6.64. The number of hydrogen-bond donors (Lipinski definition) is 1. The number of aryl methyl sites for hydroxylation is 1. The van der Waals surface area contributed by atoms with Crippen molar-refractivity contribution >= 4 is 0 Å². The van der Waals surface area contributed by atoms with Crippen LogP contribution in [-0.4, -0.2) is 68.0 Å². The van der Waals surface area contributed by atoms with Crippen molar-refractivity contribution in [2.75, 3.05) is 26.3 Å². The van der Waals surface area contributed by atoms with Gasteiger partial charge in [0, 0.05) is 56.6 Å². The van der Waals surface area contributed by atoms with Crippen LogP contribution in [0.2, 0.25) is 0 Å². The van der Waals surface area contributed by atoms with E-state index in [2.05, 4.69) is 24.4 Å². The molecule has 0 amide bonds. The van der Waals surface area contributed by atoms with Crippen LogP contribution in [0.3, 0.4) is 0 Å². The van der Waals surface area contributed by atoms with Gasteiger partial charge >= 0.3 is 0 Å². The van der Waals surface area contributed by atoms with Gasteiger partial charge in [-0.2, -0.15) is 0 Å². The molecule has 2 aromatic heterocycles. The molecule has 128 valence electrons. The minimum absolute atomic E-state index is 0.151. The number of hydrogen-bond acceptors (Lipinski definition) is 6. The van der Waals surface area contributed by atoms with Crippen molar-refractivity contribution in [2.24, 2.45) is 0 Å². The number of nitrogens with zero attached hydrogens (tertiary/aromatic N) is 5. The second-order valence-electron chi connectivity index (χ2n) is 6.64. The minimum atomic E-state index is 0.151. The zero-order valence-electron chi connectivity index (χ0n) is 13.9. The molecular weight excluding hydrogens is 306 g/mol. The van der Waals surface area contributed by atoms with Crippen LogP contribution in [0.1, 0.15) is 24.7 Å². The largest absolute Gasteiger partial charge is 0.396 e. The van der Waals surface area contributed by atoms with Crippen molar-refractivity contribution in [1.82, 2.24) is 24.4 Å². The van der Waals surface area contributed by atoms with Crippen molar-refractivity contribution < 1.29 is 9.84 Å². The first kappa shape index (κ1) is 15.7. The number of fused-ring (bicyclic) bond motifs is 1. The average Bonchev–Trinajstić information content (AvgIpc) is 3.21. The molecule has 0 radical (unpaired) electrons. The van der Waals surface area contributed by atoms with Crippen LogP contribution >= 0.6 is 0 Å². The lowest BCUT2D eigenvalue weighted by atomic mass is 10.1. The Morgan fingerprint density at radius 1 is 1.21 bits per heavy atom. The molecule has 0 bridgehead atoms. The summed E-state index contributed by atoms with van der Waals surface area (Å²) in [6, 6.07) is 0.833. The van der Waals surface area contributed by atoms with Crippen molar-refractivity contribution in [3.63, 3.8) is 0 Å². The quantitative estimate of drug-likeness (QED) is 0.903. The number of ether oxygens (including phenoxy) is 1. The molecular formula is C17H23N5O2. The first-order chi connectivity index (χ1) is 11.7. The van der Waals surface area contributed by atoms with E-state index < -0.39 is 0 Å². The van der Waals surface area contributed by atoms with Gasteiger partial charge < -0.3 is 14.4 Å². The predicted octanol–water partition coefficient (Wildman–Crippen LogP) is 1.05. The smallest absolute Gasteiger partial charge is 0.143 e. The number of rotatable bonds is 4. The zero-order chi connectivity index (χ0) is 16.5. The summed E-state index contributed by atoms with van der Waals surface area (Å²) in [7, 11) is 0. The van der Waals surface area contributed by atoms with Gasteiger partial charge in [-0.25, -0.2) is 15.0 Å². The molecule has 2 saturated heterocycles. The first-order valence-electron chi connectivity index (χ1n) is 8.53. The second kappa shape index (κ2) is 6.58. The van der Waals surface area contributed by atoms with Gasteiger partial charge in [0.25, 0.3) is 0 Å². The molecule has 7 nitrogen and oxygen atoms in total. The zero-order valence-corrected chi connectivity index (χ0v) is 13.9. The summed E-state index contributed by atoms with van der Waals surface area (Å²) in [4.78, 5) is 15.6. The molecule has 2 aliphatic rings. The van der Waals surface area contributed by atoms with Crippen LogP contribution in [0.15, 0.2) is 24.8 Å². The highest BCUT2D eigenvalue weighted by Crippen LogP contribution is 2.33. The molecule has 2 aromatic rings. The summed E-state index contributed by atoms with van der Waals surface area (Å²) in [5.41, 5.74) is 0.949. The minimum Gasteiger partial charge on any atom is -0.396 e. The molecule has 0 aromatic carbocycles. The maximum atomic E-state index is 9.12. The SMILES string of the molecule is Cc1ncc(-c2nccn2[C@H]2C[C@H]3CO[C@@H](CCO)CN3C2)cn1. The summed E-state index contributed by atoms with van der Waals surface area (Å²) in [6.07, 6.45) is 9.49. The fourth-order valence-electron chi connectivity index (χ4n) is 3.78. The molecule has 4 heterocycles. The average molecular weight is 329 g/mol. The Balaban J connectivity index is 1.52. The maximum Gasteiger partial charge on any atom is 0.143 e. The summed E-state index contributed by atoms with van der Waals surface area (Å²) in [6.45, 7) is 4.71. The maximum absolute atomic E-state index is 9.12. The Labute approximate surface area is 141 Å². The van der Waals surface area contributed by atoms with Crippen LogP contribution in [-0.2, 0) is 4.74 Å². The third kappa shape index (κ3) is 2.94. The molecule has 7 heteroatoms. The molecule has 24 heavy (non-hydrogen) atoms. The summed E-state index contributed by atoms with van der Waals surface area (Å²) >= 11 is 0. The molecule has 0 unspecified atom stereocenters.